The van der Waals surface area contributed by atoms with Crippen LogP contribution in [0.4, 0.5) is 11.4 Å². The minimum atomic E-state index is 0.226. The van der Waals surface area contributed by atoms with Crippen LogP contribution in [0.3, 0.4) is 0 Å². The van der Waals surface area contributed by atoms with Gasteiger partial charge in [-0.3, -0.25) is 0 Å². The monoisotopic (exact) mass is 440 g/mol. The molecule has 2 atom stereocenters. The van der Waals surface area contributed by atoms with Gasteiger partial charge in [-0.15, -0.1) is 0 Å². The molecule has 6 heteroatoms. The van der Waals surface area contributed by atoms with Crippen molar-refractivity contribution in [1.29, 1.82) is 0 Å². The highest BCUT2D eigenvalue weighted by Gasteiger charge is 2.32. The van der Waals surface area contributed by atoms with Gasteiger partial charge in [0.1, 0.15) is 5.84 Å². The Morgan fingerprint density at radius 2 is 2.09 bits per heavy atom. The van der Waals surface area contributed by atoms with Crippen molar-refractivity contribution in [2.24, 2.45) is 10.9 Å². The van der Waals surface area contributed by atoms with Crippen molar-refractivity contribution < 1.29 is 0 Å². The van der Waals surface area contributed by atoms with Crippen LogP contribution in [0.2, 0.25) is 5.02 Å². The number of nitrogens with one attached hydrogen (secondary N) is 2. The summed E-state index contributed by atoms with van der Waals surface area (Å²) in [6.45, 7) is 3.99. The number of aliphatic imine (C=N–C) groups is 1. The Hall–Kier alpha value is -1.05. The van der Waals surface area contributed by atoms with Crippen LogP contribution < -0.4 is 10.6 Å². The van der Waals surface area contributed by atoms with Crippen LogP contribution in [-0.4, -0.2) is 43.0 Å². The lowest BCUT2D eigenvalue weighted by Gasteiger charge is -2.35. The number of hydrogen-bond acceptors (Lipinski definition) is 4. The molecule has 1 aromatic carbocycles. The number of halogens is 2. The molecule has 3 aliphatic rings. The fourth-order valence-corrected chi connectivity index (χ4v) is 4.05. The maximum Gasteiger partial charge on any atom is 0.114 e. The number of piperazine rings is 1. The van der Waals surface area contributed by atoms with Crippen molar-refractivity contribution in [3.63, 3.8) is 0 Å². The summed E-state index contributed by atoms with van der Waals surface area (Å²) in [4.78, 5) is 7.44. The molecule has 0 saturated carbocycles. The van der Waals surface area contributed by atoms with Crippen LogP contribution in [0, 0.1) is 5.92 Å². The predicted molar refractivity (Wildman–Crippen MR) is 105 cm³/mol. The van der Waals surface area contributed by atoms with Gasteiger partial charge < -0.3 is 15.5 Å². The first-order valence-electron chi connectivity index (χ1n) is 7.86. The van der Waals surface area contributed by atoms with Crippen molar-refractivity contribution in [2.45, 2.75) is 6.04 Å². The third-order valence-corrected chi connectivity index (χ3v) is 5.40. The molecule has 2 aliphatic heterocycles. The van der Waals surface area contributed by atoms with Gasteiger partial charge in [-0.2, -0.15) is 0 Å². The summed E-state index contributed by atoms with van der Waals surface area (Å²) in [6.07, 6.45) is 6.73. The van der Waals surface area contributed by atoms with Crippen LogP contribution >= 0.6 is 34.2 Å². The molecule has 1 aliphatic carbocycles. The molecule has 0 aromatic heterocycles. The zero-order valence-corrected chi connectivity index (χ0v) is 15.5. The van der Waals surface area contributed by atoms with Gasteiger partial charge in [0, 0.05) is 34.8 Å². The predicted octanol–water partition coefficient (Wildman–Crippen LogP) is 3.57. The van der Waals surface area contributed by atoms with Gasteiger partial charge in [-0.05, 0) is 40.8 Å². The molecule has 1 fully saturated rings. The van der Waals surface area contributed by atoms with E-state index in [1.807, 2.05) is 18.2 Å². The van der Waals surface area contributed by atoms with E-state index in [1.54, 1.807) is 0 Å². The summed E-state index contributed by atoms with van der Waals surface area (Å²) < 4.78 is 1.26. The van der Waals surface area contributed by atoms with Crippen LogP contribution in [0.25, 0.3) is 0 Å². The maximum atomic E-state index is 6.19. The number of hydrogen-bond donors (Lipinski definition) is 2. The Morgan fingerprint density at radius 1 is 1.26 bits per heavy atom. The van der Waals surface area contributed by atoms with Gasteiger partial charge in [0.2, 0.25) is 0 Å². The van der Waals surface area contributed by atoms with Crippen molar-refractivity contribution in [2.75, 3.05) is 31.5 Å². The average molecular weight is 441 g/mol. The second-order valence-electron chi connectivity index (χ2n) is 5.98. The van der Waals surface area contributed by atoms with Crippen molar-refractivity contribution >= 4 is 51.4 Å². The molecule has 4 nitrogen and oxygen atoms in total. The highest BCUT2D eigenvalue weighted by atomic mass is 127. The second kappa shape index (κ2) is 6.45. The zero-order chi connectivity index (χ0) is 15.8. The molecule has 120 valence electrons. The number of rotatable bonds is 0. The highest BCUT2D eigenvalue weighted by Crippen LogP contribution is 2.36. The van der Waals surface area contributed by atoms with E-state index in [4.69, 9.17) is 16.6 Å². The highest BCUT2D eigenvalue weighted by molar-refractivity contribution is 14.1. The third-order valence-electron chi connectivity index (χ3n) is 4.44. The van der Waals surface area contributed by atoms with E-state index in [0.29, 0.717) is 0 Å². The fourth-order valence-electron chi connectivity index (χ4n) is 3.29. The Labute approximate surface area is 154 Å². The molecule has 2 heterocycles. The molecule has 1 aromatic rings. The van der Waals surface area contributed by atoms with Crippen molar-refractivity contribution in [3.8, 4) is 0 Å². The van der Waals surface area contributed by atoms with E-state index in [9.17, 15) is 0 Å². The Morgan fingerprint density at radius 3 is 2.91 bits per heavy atom. The van der Waals surface area contributed by atoms with E-state index >= 15 is 0 Å². The number of allylic oxidation sites excluding steroid dienone is 2. The molecular weight excluding hydrogens is 423 g/mol. The molecule has 0 radical (unpaired) electrons. The lowest BCUT2D eigenvalue weighted by molar-refractivity contribution is 0.344. The number of benzene rings is 1. The summed E-state index contributed by atoms with van der Waals surface area (Å²) in [5.41, 5.74) is 1.97. The van der Waals surface area contributed by atoms with Crippen LogP contribution in [-0.2, 0) is 0 Å². The van der Waals surface area contributed by atoms with E-state index in [2.05, 4.69) is 56.4 Å². The lowest BCUT2D eigenvalue weighted by Crippen LogP contribution is -2.50. The normalized spacial score (nSPS) is 26.4. The van der Waals surface area contributed by atoms with E-state index in [-0.39, 0.29) is 12.0 Å². The van der Waals surface area contributed by atoms with Gasteiger partial charge in [0.25, 0.3) is 0 Å². The van der Waals surface area contributed by atoms with Gasteiger partial charge in [0.05, 0.1) is 23.3 Å². The standard InChI is InChI=1S/C17H18ClIN4/c18-11-1-3-15-16(9-11)22-17(23-7-5-20-6-8-23)13-10-12(19)2-4-14(13)21-15/h1-4,9-10,13-14,20-21H,5-8H2. The molecule has 2 unspecified atom stereocenters. The Bertz CT molecular complexity index is 707. The Balaban J connectivity index is 1.81. The van der Waals surface area contributed by atoms with Gasteiger partial charge in [-0.1, -0.05) is 29.8 Å². The Kier molecular flexibility index (Phi) is 4.34. The summed E-state index contributed by atoms with van der Waals surface area (Å²) in [6, 6.07) is 6.11. The smallest absolute Gasteiger partial charge is 0.114 e. The minimum Gasteiger partial charge on any atom is -0.376 e. The first-order chi connectivity index (χ1) is 11.2. The van der Waals surface area contributed by atoms with Crippen molar-refractivity contribution in [3.05, 3.63) is 45.0 Å². The quantitative estimate of drug-likeness (QED) is 0.606. The number of amidine groups is 1. The first-order valence-corrected chi connectivity index (χ1v) is 9.32. The summed E-state index contributed by atoms with van der Waals surface area (Å²) >= 11 is 8.58. The van der Waals surface area contributed by atoms with Crippen LogP contribution in [0.15, 0.2) is 45.0 Å². The second-order valence-corrected chi connectivity index (χ2v) is 7.66. The average Bonchev–Trinajstić information content (AvgIpc) is 2.72. The minimum absolute atomic E-state index is 0.226. The molecule has 0 bridgehead atoms. The van der Waals surface area contributed by atoms with E-state index in [1.165, 1.54) is 3.58 Å². The SMILES string of the molecule is Clc1ccc2c(c1)N=C(N1CCNCC1)C1C=C(I)C=CC1N2. The zero-order valence-electron chi connectivity index (χ0n) is 12.6. The number of fused-ring (bicyclic) bond motifs is 2. The van der Waals surface area contributed by atoms with Gasteiger partial charge in [-0.25, -0.2) is 4.99 Å². The fraction of sp³-hybridized carbons (Fsp3) is 0.353. The summed E-state index contributed by atoms with van der Waals surface area (Å²) in [5, 5.41) is 7.76. The number of nitrogens with zero attached hydrogens (tertiary/aromatic N) is 2. The molecule has 4 rings (SSSR count). The van der Waals surface area contributed by atoms with Gasteiger partial charge in [0.15, 0.2) is 0 Å². The molecule has 0 amide bonds. The van der Waals surface area contributed by atoms with Gasteiger partial charge >= 0.3 is 0 Å². The molecule has 0 spiro atoms. The maximum absolute atomic E-state index is 6.19. The van der Waals surface area contributed by atoms with E-state index < -0.39 is 0 Å². The van der Waals surface area contributed by atoms with Crippen LogP contribution in [0.5, 0.6) is 0 Å². The summed E-state index contributed by atoms with van der Waals surface area (Å²) in [5.74, 6) is 1.39. The third kappa shape index (κ3) is 3.14. The largest absolute Gasteiger partial charge is 0.376 e. The topological polar surface area (TPSA) is 39.7 Å². The molecule has 23 heavy (non-hydrogen) atoms. The summed E-state index contributed by atoms with van der Waals surface area (Å²) in [7, 11) is 0. The molecule has 1 saturated heterocycles. The van der Waals surface area contributed by atoms with Crippen molar-refractivity contribution in [1.82, 2.24) is 10.2 Å². The first kappa shape index (κ1) is 15.5. The number of anilines is 1. The lowest BCUT2D eigenvalue weighted by atomic mass is 9.93. The molecule has 2 N–H and O–H groups in total. The van der Waals surface area contributed by atoms with Crippen LogP contribution in [0.1, 0.15) is 0 Å². The molecular formula is C17H18ClIN4. The van der Waals surface area contributed by atoms with E-state index in [0.717, 1.165) is 48.4 Å².